The smallest absolute Gasteiger partial charge is 0.310 e. The SMILES string of the molecule is COC(=O)C(C)CN(C(=O)CCC(=O)c1ccc(C)cc1)C1CC1. The van der Waals surface area contributed by atoms with E-state index in [0.29, 0.717) is 12.1 Å². The quantitative estimate of drug-likeness (QED) is 0.543. The molecule has 0 heterocycles. The first kappa shape index (κ1) is 18.2. The van der Waals surface area contributed by atoms with Gasteiger partial charge in [0.15, 0.2) is 5.78 Å². The van der Waals surface area contributed by atoms with E-state index in [1.54, 1.807) is 24.0 Å². The minimum absolute atomic E-state index is 0.0277. The van der Waals surface area contributed by atoms with Crippen molar-refractivity contribution in [2.75, 3.05) is 13.7 Å². The summed E-state index contributed by atoms with van der Waals surface area (Å²) in [5.74, 6) is -0.759. The van der Waals surface area contributed by atoms with Crippen LogP contribution in [0.25, 0.3) is 0 Å². The number of rotatable bonds is 8. The molecule has 1 aromatic rings. The maximum absolute atomic E-state index is 12.5. The molecule has 0 bridgehead atoms. The zero-order chi connectivity index (χ0) is 17.7. The van der Waals surface area contributed by atoms with Gasteiger partial charge in [-0.05, 0) is 19.8 Å². The van der Waals surface area contributed by atoms with Gasteiger partial charge in [0.05, 0.1) is 13.0 Å². The van der Waals surface area contributed by atoms with Gasteiger partial charge < -0.3 is 9.64 Å². The van der Waals surface area contributed by atoms with E-state index in [9.17, 15) is 14.4 Å². The van der Waals surface area contributed by atoms with Crippen LogP contribution < -0.4 is 0 Å². The summed E-state index contributed by atoms with van der Waals surface area (Å²) in [6.07, 6.45) is 2.30. The first-order valence-corrected chi connectivity index (χ1v) is 8.39. The van der Waals surface area contributed by atoms with Crippen molar-refractivity contribution in [1.82, 2.24) is 4.90 Å². The Morgan fingerprint density at radius 3 is 2.33 bits per heavy atom. The highest BCUT2D eigenvalue weighted by molar-refractivity contribution is 5.98. The predicted molar refractivity (Wildman–Crippen MR) is 90.7 cm³/mol. The Morgan fingerprint density at radius 1 is 1.17 bits per heavy atom. The molecule has 1 atom stereocenters. The van der Waals surface area contributed by atoms with Crippen LogP contribution in [0.2, 0.25) is 0 Å². The number of aryl methyl sites for hydroxylation is 1. The Labute approximate surface area is 143 Å². The molecule has 5 nitrogen and oxygen atoms in total. The summed E-state index contributed by atoms with van der Waals surface area (Å²) in [4.78, 5) is 38.0. The van der Waals surface area contributed by atoms with Crippen LogP contribution in [0, 0.1) is 12.8 Å². The van der Waals surface area contributed by atoms with Gasteiger partial charge in [-0.1, -0.05) is 36.8 Å². The highest BCUT2D eigenvalue weighted by Crippen LogP contribution is 2.28. The van der Waals surface area contributed by atoms with Crippen molar-refractivity contribution in [3.8, 4) is 0 Å². The largest absolute Gasteiger partial charge is 0.469 e. The van der Waals surface area contributed by atoms with E-state index in [2.05, 4.69) is 0 Å². The molecular weight excluding hydrogens is 306 g/mol. The van der Waals surface area contributed by atoms with Crippen molar-refractivity contribution in [3.05, 3.63) is 35.4 Å². The standard InChI is InChI=1S/C19H25NO4/c1-13-4-6-15(7-5-13)17(21)10-11-18(22)20(16-8-9-16)12-14(2)19(23)24-3/h4-7,14,16H,8-12H2,1-3H3. The van der Waals surface area contributed by atoms with Crippen LogP contribution in [0.3, 0.4) is 0 Å². The fourth-order valence-corrected chi connectivity index (χ4v) is 2.66. The minimum Gasteiger partial charge on any atom is -0.469 e. The molecule has 130 valence electrons. The second-order valence-electron chi connectivity index (χ2n) is 6.49. The van der Waals surface area contributed by atoms with Crippen molar-refractivity contribution >= 4 is 17.7 Å². The van der Waals surface area contributed by atoms with Crippen LogP contribution in [0.1, 0.15) is 48.5 Å². The number of hydrogen-bond acceptors (Lipinski definition) is 4. The van der Waals surface area contributed by atoms with E-state index in [1.165, 1.54) is 7.11 Å². The van der Waals surface area contributed by atoms with Crippen LogP contribution in [0.5, 0.6) is 0 Å². The van der Waals surface area contributed by atoms with Crippen LogP contribution >= 0.6 is 0 Å². The Balaban J connectivity index is 1.90. The second-order valence-corrected chi connectivity index (χ2v) is 6.49. The molecule has 5 heteroatoms. The lowest BCUT2D eigenvalue weighted by Crippen LogP contribution is -2.39. The topological polar surface area (TPSA) is 63.7 Å². The summed E-state index contributed by atoms with van der Waals surface area (Å²) >= 11 is 0. The van der Waals surface area contributed by atoms with Gasteiger partial charge in [0.2, 0.25) is 5.91 Å². The number of Topliss-reactive ketones (excluding diaryl/α,β-unsaturated/α-hetero) is 1. The average molecular weight is 331 g/mol. The lowest BCUT2D eigenvalue weighted by atomic mass is 10.0. The molecule has 1 saturated carbocycles. The summed E-state index contributed by atoms with van der Waals surface area (Å²) < 4.78 is 4.73. The summed E-state index contributed by atoms with van der Waals surface area (Å²) in [5.41, 5.74) is 1.73. The first-order chi connectivity index (χ1) is 11.4. The van der Waals surface area contributed by atoms with Gasteiger partial charge >= 0.3 is 5.97 Å². The Kier molecular flexibility index (Phi) is 6.12. The third-order valence-electron chi connectivity index (χ3n) is 4.32. The van der Waals surface area contributed by atoms with Crippen LogP contribution in [0.15, 0.2) is 24.3 Å². The van der Waals surface area contributed by atoms with Crippen LogP contribution in [-0.4, -0.2) is 42.3 Å². The van der Waals surface area contributed by atoms with Crippen molar-refractivity contribution < 1.29 is 19.1 Å². The fraction of sp³-hybridized carbons (Fsp3) is 0.526. The number of esters is 1. The highest BCUT2D eigenvalue weighted by atomic mass is 16.5. The number of carbonyl (C=O) groups excluding carboxylic acids is 3. The van der Waals surface area contributed by atoms with Crippen LogP contribution in [-0.2, 0) is 14.3 Å². The normalized spacial score (nSPS) is 14.8. The Hall–Kier alpha value is -2.17. The molecule has 1 unspecified atom stereocenters. The van der Waals surface area contributed by atoms with E-state index in [0.717, 1.165) is 18.4 Å². The number of ether oxygens (including phenoxy) is 1. The Morgan fingerprint density at radius 2 is 1.79 bits per heavy atom. The van der Waals surface area contributed by atoms with E-state index in [4.69, 9.17) is 4.74 Å². The number of hydrogen-bond donors (Lipinski definition) is 0. The molecule has 1 aliphatic rings. The third kappa shape index (κ3) is 4.91. The molecule has 2 rings (SSSR count). The number of nitrogens with zero attached hydrogens (tertiary/aromatic N) is 1. The molecule has 24 heavy (non-hydrogen) atoms. The third-order valence-corrected chi connectivity index (χ3v) is 4.32. The van der Waals surface area contributed by atoms with Gasteiger partial charge in [-0.2, -0.15) is 0 Å². The number of ketones is 1. The van der Waals surface area contributed by atoms with Crippen molar-refractivity contribution in [2.24, 2.45) is 5.92 Å². The average Bonchev–Trinajstić information content (AvgIpc) is 3.41. The summed E-state index contributed by atoms with van der Waals surface area (Å²) in [6.45, 7) is 4.08. The number of carbonyl (C=O) groups is 3. The van der Waals surface area contributed by atoms with Gasteiger partial charge in [0, 0.05) is 31.0 Å². The van der Waals surface area contributed by atoms with Gasteiger partial charge in [-0.3, -0.25) is 14.4 Å². The minimum atomic E-state index is -0.354. The van der Waals surface area contributed by atoms with Gasteiger partial charge in [0.1, 0.15) is 0 Å². The van der Waals surface area contributed by atoms with E-state index in [-0.39, 0.29) is 42.5 Å². The van der Waals surface area contributed by atoms with E-state index < -0.39 is 0 Å². The van der Waals surface area contributed by atoms with Crippen molar-refractivity contribution in [2.45, 2.75) is 45.6 Å². The second kappa shape index (κ2) is 8.08. The predicted octanol–water partition coefficient (Wildman–Crippen LogP) is 2.76. The van der Waals surface area contributed by atoms with Crippen molar-refractivity contribution in [3.63, 3.8) is 0 Å². The highest BCUT2D eigenvalue weighted by Gasteiger charge is 2.34. The van der Waals surface area contributed by atoms with Gasteiger partial charge in [0.25, 0.3) is 0 Å². The fourth-order valence-electron chi connectivity index (χ4n) is 2.66. The molecule has 0 spiro atoms. The molecule has 1 amide bonds. The lowest BCUT2D eigenvalue weighted by Gasteiger charge is -2.25. The maximum atomic E-state index is 12.5. The van der Waals surface area contributed by atoms with E-state index in [1.807, 2.05) is 19.1 Å². The number of amides is 1. The van der Waals surface area contributed by atoms with Gasteiger partial charge in [-0.15, -0.1) is 0 Å². The number of methoxy groups -OCH3 is 1. The Bertz CT molecular complexity index is 604. The zero-order valence-corrected chi connectivity index (χ0v) is 14.6. The monoisotopic (exact) mass is 331 g/mol. The van der Waals surface area contributed by atoms with Crippen molar-refractivity contribution in [1.29, 1.82) is 0 Å². The molecule has 0 N–H and O–H groups in total. The van der Waals surface area contributed by atoms with Gasteiger partial charge in [-0.25, -0.2) is 0 Å². The van der Waals surface area contributed by atoms with E-state index >= 15 is 0 Å². The van der Waals surface area contributed by atoms with Crippen LogP contribution in [0.4, 0.5) is 0 Å². The molecular formula is C19H25NO4. The first-order valence-electron chi connectivity index (χ1n) is 8.39. The molecule has 0 aromatic heterocycles. The zero-order valence-electron chi connectivity index (χ0n) is 14.6. The lowest BCUT2D eigenvalue weighted by molar-refractivity contribution is -0.146. The molecule has 1 aliphatic carbocycles. The summed E-state index contributed by atoms with van der Waals surface area (Å²) in [7, 11) is 1.35. The molecule has 1 aromatic carbocycles. The molecule has 0 aliphatic heterocycles. The number of benzene rings is 1. The molecule has 1 fully saturated rings. The summed E-state index contributed by atoms with van der Waals surface area (Å²) in [6, 6.07) is 7.58. The molecule has 0 saturated heterocycles. The maximum Gasteiger partial charge on any atom is 0.310 e. The molecule has 0 radical (unpaired) electrons. The summed E-state index contributed by atoms with van der Waals surface area (Å²) in [5, 5.41) is 0.